The summed E-state index contributed by atoms with van der Waals surface area (Å²) in [5.74, 6) is -0.557. The highest BCUT2D eigenvalue weighted by molar-refractivity contribution is 6.27. The number of amides is 1. The van der Waals surface area contributed by atoms with E-state index in [2.05, 4.69) is 4.98 Å². The van der Waals surface area contributed by atoms with E-state index in [-0.39, 0.29) is 40.7 Å². The molecular weight excluding hydrogens is 452 g/mol. The second-order valence-corrected chi connectivity index (χ2v) is 7.95. The second-order valence-electron chi connectivity index (χ2n) is 7.64. The van der Waals surface area contributed by atoms with Gasteiger partial charge in [-0.15, -0.1) is 11.6 Å². The first kappa shape index (κ1) is 22.7. The van der Waals surface area contributed by atoms with Crippen molar-refractivity contribution in [2.45, 2.75) is 6.92 Å². The van der Waals surface area contributed by atoms with Crippen LogP contribution in [0, 0.1) is 5.92 Å². The Bertz CT molecular complexity index is 1260. The van der Waals surface area contributed by atoms with Crippen molar-refractivity contribution in [3.05, 3.63) is 40.4 Å². The van der Waals surface area contributed by atoms with Crippen molar-refractivity contribution in [2.75, 3.05) is 40.9 Å². The van der Waals surface area contributed by atoms with E-state index in [1.54, 1.807) is 12.1 Å². The van der Waals surface area contributed by atoms with E-state index in [4.69, 9.17) is 30.5 Å². The smallest absolute Gasteiger partial charge is 0.274 e. The van der Waals surface area contributed by atoms with Crippen molar-refractivity contribution in [1.29, 1.82) is 0 Å². The fourth-order valence-electron chi connectivity index (χ4n) is 4.41. The van der Waals surface area contributed by atoms with Gasteiger partial charge in [0.15, 0.2) is 17.3 Å². The molecule has 0 saturated carbocycles. The van der Waals surface area contributed by atoms with Crippen molar-refractivity contribution in [3.8, 4) is 17.2 Å². The third kappa shape index (κ3) is 3.26. The Balaban J connectivity index is 1.82. The highest BCUT2D eigenvalue weighted by Crippen LogP contribution is 2.44. The van der Waals surface area contributed by atoms with Crippen molar-refractivity contribution in [3.63, 3.8) is 0 Å². The summed E-state index contributed by atoms with van der Waals surface area (Å²) in [5.41, 5.74) is 1.16. The quantitative estimate of drug-likeness (QED) is 0.506. The average Bonchev–Trinajstić information content (AvgIpc) is 3.43. The first-order valence-electron chi connectivity index (χ1n) is 10.1. The van der Waals surface area contributed by atoms with E-state index in [0.717, 1.165) is 0 Å². The molecule has 10 heteroatoms. The number of hydrogen-bond donors (Lipinski definition) is 1. The minimum absolute atomic E-state index is 0.0160. The van der Waals surface area contributed by atoms with Crippen LogP contribution in [0.2, 0.25) is 0 Å². The Labute approximate surface area is 194 Å². The molecular formula is C23H23ClN2O7. The van der Waals surface area contributed by atoms with E-state index in [1.807, 2.05) is 0 Å². The number of hydrogen-bond acceptors (Lipinski definition) is 7. The number of nitrogens with one attached hydrogen (secondary N) is 1. The van der Waals surface area contributed by atoms with Crippen molar-refractivity contribution in [1.82, 2.24) is 9.88 Å². The van der Waals surface area contributed by atoms with Gasteiger partial charge in [0.2, 0.25) is 17.3 Å². The molecule has 1 aliphatic carbocycles. The summed E-state index contributed by atoms with van der Waals surface area (Å²) < 4.78 is 21.4. The number of benzene rings is 1. The first-order chi connectivity index (χ1) is 15.8. The van der Waals surface area contributed by atoms with E-state index in [0.29, 0.717) is 28.2 Å². The van der Waals surface area contributed by atoms with Crippen LogP contribution in [-0.4, -0.2) is 68.2 Å². The highest BCUT2D eigenvalue weighted by atomic mass is 35.5. The van der Waals surface area contributed by atoms with Gasteiger partial charge >= 0.3 is 0 Å². The molecule has 4 rings (SSSR count). The van der Waals surface area contributed by atoms with Gasteiger partial charge in [0.25, 0.3) is 5.91 Å². The minimum Gasteiger partial charge on any atom is -0.493 e. The van der Waals surface area contributed by atoms with Crippen LogP contribution < -0.4 is 14.2 Å². The number of ether oxygens (including phenoxy) is 4. The average molecular weight is 475 g/mol. The van der Waals surface area contributed by atoms with Crippen molar-refractivity contribution < 1.29 is 33.3 Å². The lowest BCUT2D eigenvalue weighted by molar-refractivity contribution is -0.119. The number of ketones is 2. The van der Waals surface area contributed by atoms with Gasteiger partial charge in [0.1, 0.15) is 5.69 Å². The number of carbonyl (C=O) groups excluding carboxylic acids is 3. The number of aromatic amines is 1. The monoisotopic (exact) mass is 474 g/mol. The number of allylic oxidation sites excluding steroid dienone is 2. The number of fused-ring (bicyclic) bond motifs is 1. The number of rotatable bonds is 6. The number of halogens is 1. The molecule has 0 fully saturated rings. The van der Waals surface area contributed by atoms with E-state index in [9.17, 15) is 14.4 Å². The zero-order chi connectivity index (χ0) is 24.0. The van der Waals surface area contributed by atoms with Gasteiger partial charge in [-0.05, 0) is 19.1 Å². The maximum absolute atomic E-state index is 13.6. The lowest BCUT2D eigenvalue weighted by Gasteiger charge is -2.22. The zero-order valence-corrected chi connectivity index (χ0v) is 19.6. The van der Waals surface area contributed by atoms with Crippen LogP contribution in [0.1, 0.15) is 17.4 Å². The van der Waals surface area contributed by atoms with Crippen LogP contribution in [0.25, 0.3) is 10.9 Å². The van der Waals surface area contributed by atoms with Crippen LogP contribution in [0.15, 0.2) is 34.7 Å². The van der Waals surface area contributed by atoms with Crippen LogP contribution in [0.4, 0.5) is 0 Å². The standard InChI is InChI=1S/C23H23ClN2O7/c1-10-18(27)17-15(19(28)20(10)31-3)12(8-24)9-26(17)23(29)13-6-11-7-14(30-2)21(32-4)22(33-5)16(11)25-13/h6-7,12,25H,8-9H2,1-5H3/t12-/m0/s1. The Morgan fingerprint density at radius 2 is 1.76 bits per heavy atom. The van der Waals surface area contributed by atoms with Crippen LogP contribution in [0.3, 0.4) is 0 Å². The Morgan fingerprint density at radius 3 is 2.33 bits per heavy atom. The van der Waals surface area contributed by atoms with Crippen molar-refractivity contribution >= 4 is 40.0 Å². The molecule has 33 heavy (non-hydrogen) atoms. The van der Waals surface area contributed by atoms with Crippen molar-refractivity contribution in [2.24, 2.45) is 5.92 Å². The van der Waals surface area contributed by atoms with E-state index >= 15 is 0 Å². The SMILES string of the molecule is COC1=C(C)C(=O)C2=C(C1=O)[C@@H](CCl)CN2C(=O)c1cc2cc(OC)c(OC)c(OC)c2[nH]1. The first-order valence-corrected chi connectivity index (χ1v) is 10.6. The fourth-order valence-corrected chi connectivity index (χ4v) is 4.67. The molecule has 2 heterocycles. The molecule has 0 bridgehead atoms. The largest absolute Gasteiger partial charge is 0.493 e. The van der Waals surface area contributed by atoms with Gasteiger partial charge in [-0.2, -0.15) is 0 Å². The molecule has 1 aromatic heterocycles. The summed E-state index contributed by atoms with van der Waals surface area (Å²) in [7, 11) is 5.81. The molecule has 9 nitrogen and oxygen atoms in total. The third-order valence-electron chi connectivity index (χ3n) is 5.97. The molecule has 1 aromatic carbocycles. The lowest BCUT2D eigenvalue weighted by atomic mass is 9.89. The number of Topliss-reactive ketones (excluding diaryl/α,β-unsaturated/α-hetero) is 2. The van der Waals surface area contributed by atoms with Gasteiger partial charge in [-0.25, -0.2) is 0 Å². The summed E-state index contributed by atoms with van der Waals surface area (Å²) in [6.07, 6.45) is 0. The molecule has 0 spiro atoms. The topological polar surface area (TPSA) is 107 Å². The number of H-pyrrole nitrogens is 1. The molecule has 1 N–H and O–H groups in total. The number of nitrogens with zero attached hydrogens (tertiary/aromatic N) is 1. The van der Waals surface area contributed by atoms with Gasteiger partial charge in [-0.1, -0.05) is 0 Å². The highest BCUT2D eigenvalue weighted by Gasteiger charge is 2.46. The molecule has 0 radical (unpaired) electrons. The zero-order valence-electron chi connectivity index (χ0n) is 18.8. The molecule has 0 unspecified atom stereocenters. The van der Waals surface area contributed by atoms with Crippen LogP contribution in [0.5, 0.6) is 17.2 Å². The number of alkyl halides is 1. The van der Waals surface area contributed by atoms with Gasteiger partial charge in [0, 0.05) is 34.9 Å². The molecule has 174 valence electrons. The Hall–Kier alpha value is -3.46. The van der Waals surface area contributed by atoms with Gasteiger partial charge in [-0.3, -0.25) is 14.4 Å². The third-order valence-corrected chi connectivity index (χ3v) is 6.34. The summed E-state index contributed by atoms with van der Waals surface area (Å²) in [6, 6.07) is 3.35. The molecule has 1 atom stereocenters. The van der Waals surface area contributed by atoms with Crippen LogP contribution >= 0.6 is 11.6 Å². The van der Waals surface area contributed by atoms with E-state index in [1.165, 1.54) is 40.3 Å². The maximum atomic E-state index is 13.6. The number of methoxy groups -OCH3 is 4. The maximum Gasteiger partial charge on any atom is 0.274 e. The summed E-state index contributed by atoms with van der Waals surface area (Å²) in [5, 5.41) is 0.652. The molecule has 2 aromatic rings. The second kappa shape index (κ2) is 8.47. The predicted molar refractivity (Wildman–Crippen MR) is 120 cm³/mol. The van der Waals surface area contributed by atoms with Gasteiger partial charge in [0.05, 0.1) is 39.7 Å². The Morgan fingerprint density at radius 1 is 1.06 bits per heavy atom. The normalized spacial score (nSPS) is 18.2. The fraction of sp³-hybridized carbons (Fsp3) is 0.348. The molecule has 0 saturated heterocycles. The molecule has 1 amide bonds. The summed E-state index contributed by atoms with van der Waals surface area (Å²) in [4.78, 5) is 44.0. The summed E-state index contributed by atoms with van der Waals surface area (Å²) in [6.45, 7) is 1.61. The molecule has 2 aliphatic rings. The number of carbonyl (C=O) groups is 3. The number of aromatic nitrogens is 1. The van der Waals surface area contributed by atoms with E-state index < -0.39 is 23.4 Å². The predicted octanol–water partition coefficient (Wildman–Crippen LogP) is 2.83. The summed E-state index contributed by atoms with van der Waals surface area (Å²) >= 11 is 6.11. The Kier molecular flexibility index (Phi) is 5.84. The minimum atomic E-state index is -0.487. The van der Waals surface area contributed by atoms with Gasteiger partial charge < -0.3 is 28.8 Å². The van der Waals surface area contributed by atoms with Crippen LogP contribution in [-0.2, 0) is 14.3 Å². The lowest BCUT2D eigenvalue weighted by Crippen LogP contribution is -2.34. The molecule has 1 aliphatic heterocycles.